The van der Waals surface area contributed by atoms with Gasteiger partial charge in [-0.2, -0.15) is 0 Å². The lowest BCUT2D eigenvalue weighted by Crippen LogP contribution is -2.38. The summed E-state index contributed by atoms with van der Waals surface area (Å²) in [5.74, 6) is 0.691. The standard InChI is InChI=1S/C23H37N3O3/c1-23(2,3)29-22(28)25-17-18-11-13-19(14-12-18)21(27)24-15-8-16-26(4)20-9-6-5-7-10-20/h5-7,9-10,18-19H,8,11-17H2,1-4H3,(H,24,27)(H,25,28). The number of hydrogen-bond donors (Lipinski definition) is 2. The summed E-state index contributed by atoms with van der Waals surface area (Å²) in [6, 6.07) is 10.3. The molecule has 2 amide bonds. The minimum Gasteiger partial charge on any atom is -0.444 e. The van der Waals surface area contributed by atoms with Gasteiger partial charge in [0.1, 0.15) is 5.60 Å². The summed E-state index contributed by atoms with van der Waals surface area (Å²) < 4.78 is 5.27. The van der Waals surface area contributed by atoms with Crippen LogP contribution in [0, 0.1) is 11.8 Å². The minimum absolute atomic E-state index is 0.0969. The number of para-hydroxylation sites is 1. The first-order valence-electron chi connectivity index (χ1n) is 10.8. The summed E-state index contributed by atoms with van der Waals surface area (Å²) in [4.78, 5) is 26.4. The van der Waals surface area contributed by atoms with Crippen molar-refractivity contribution in [2.45, 2.75) is 58.5 Å². The first-order chi connectivity index (χ1) is 13.7. The van der Waals surface area contributed by atoms with Gasteiger partial charge in [0.2, 0.25) is 5.91 Å². The van der Waals surface area contributed by atoms with E-state index in [2.05, 4.69) is 34.7 Å². The molecule has 0 spiro atoms. The molecule has 1 aromatic carbocycles. The van der Waals surface area contributed by atoms with E-state index in [4.69, 9.17) is 4.74 Å². The topological polar surface area (TPSA) is 70.7 Å². The van der Waals surface area contributed by atoms with Gasteiger partial charge in [0, 0.05) is 38.3 Å². The van der Waals surface area contributed by atoms with Crippen LogP contribution in [0.1, 0.15) is 52.9 Å². The van der Waals surface area contributed by atoms with Crippen molar-refractivity contribution < 1.29 is 14.3 Å². The lowest BCUT2D eigenvalue weighted by Gasteiger charge is -2.28. The zero-order chi connectivity index (χ0) is 21.3. The zero-order valence-electron chi connectivity index (χ0n) is 18.4. The molecule has 0 unspecified atom stereocenters. The summed E-state index contributed by atoms with van der Waals surface area (Å²) in [5.41, 5.74) is 0.715. The second-order valence-electron chi connectivity index (χ2n) is 9.00. The van der Waals surface area contributed by atoms with Crippen molar-refractivity contribution >= 4 is 17.7 Å². The van der Waals surface area contributed by atoms with E-state index >= 15 is 0 Å². The predicted octanol–water partition coefficient (Wildman–Crippen LogP) is 3.96. The zero-order valence-corrected chi connectivity index (χ0v) is 18.4. The minimum atomic E-state index is -0.476. The second-order valence-corrected chi connectivity index (χ2v) is 9.00. The Morgan fingerprint density at radius 3 is 2.34 bits per heavy atom. The molecule has 0 atom stereocenters. The van der Waals surface area contributed by atoms with E-state index in [0.29, 0.717) is 19.0 Å². The van der Waals surface area contributed by atoms with Crippen molar-refractivity contribution in [3.05, 3.63) is 30.3 Å². The molecule has 6 nitrogen and oxygen atoms in total. The van der Waals surface area contributed by atoms with Crippen molar-refractivity contribution in [3.8, 4) is 0 Å². The second kappa shape index (κ2) is 11.1. The van der Waals surface area contributed by atoms with E-state index in [-0.39, 0.29) is 17.9 Å². The molecule has 1 aromatic rings. The fourth-order valence-electron chi connectivity index (χ4n) is 3.65. The molecule has 162 valence electrons. The molecular weight excluding hydrogens is 366 g/mol. The van der Waals surface area contributed by atoms with Crippen molar-refractivity contribution in [1.82, 2.24) is 10.6 Å². The van der Waals surface area contributed by atoms with Gasteiger partial charge in [-0.1, -0.05) is 18.2 Å². The van der Waals surface area contributed by atoms with Crippen LogP contribution in [0.15, 0.2) is 30.3 Å². The van der Waals surface area contributed by atoms with Crippen LogP contribution in [0.4, 0.5) is 10.5 Å². The lowest BCUT2D eigenvalue weighted by molar-refractivity contribution is -0.126. The molecule has 0 saturated heterocycles. The number of hydrogen-bond acceptors (Lipinski definition) is 4. The largest absolute Gasteiger partial charge is 0.444 e. The quantitative estimate of drug-likeness (QED) is 0.645. The maximum absolute atomic E-state index is 12.4. The highest BCUT2D eigenvalue weighted by Crippen LogP contribution is 2.28. The Bertz CT molecular complexity index is 635. The van der Waals surface area contributed by atoms with Gasteiger partial charge in [-0.15, -0.1) is 0 Å². The van der Waals surface area contributed by atoms with Gasteiger partial charge in [-0.3, -0.25) is 4.79 Å². The Balaban J connectivity index is 1.58. The normalized spacial score (nSPS) is 19.3. The van der Waals surface area contributed by atoms with Crippen LogP contribution in [0.3, 0.4) is 0 Å². The molecule has 6 heteroatoms. The molecule has 1 fully saturated rings. The van der Waals surface area contributed by atoms with E-state index < -0.39 is 5.60 Å². The number of rotatable bonds is 8. The lowest BCUT2D eigenvalue weighted by atomic mass is 9.81. The highest BCUT2D eigenvalue weighted by molar-refractivity contribution is 5.78. The summed E-state index contributed by atoms with van der Waals surface area (Å²) >= 11 is 0. The SMILES string of the molecule is CN(CCCNC(=O)C1CCC(CNC(=O)OC(C)(C)C)CC1)c1ccccc1. The first-order valence-corrected chi connectivity index (χ1v) is 10.8. The van der Waals surface area contributed by atoms with Crippen LogP contribution in [-0.4, -0.2) is 44.3 Å². The van der Waals surface area contributed by atoms with Crippen LogP contribution in [0.5, 0.6) is 0 Å². The Labute approximate surface area is 175 Å². The number of alkyl carbamates (subject to hydrolysis) is 1. The van der Waals surface area contributed by atoms with E-state index in [1.165, 1.54) is 5.69 Å². The maximum atomic E-state index is 12.4. The average molecular weight is 404 g/mol. The van der Waals surface area contributed by atoms with Gasteiger partial charge in [0.05, 0.1) is 0 Å². The molecule has 0 aliphatic heterocycles. The smallest absolute Gasteiger partial charge is 0.407 e. The number of carbonyl (C=O) groups is 2. The first kappa shape index (κ1) is 23.0. The molecule has 0 radical (unpaired) electrons. The Hall–Kier alpha value is -2.24. The summed E-state index contributed by atoms with van der Waals surface area (Å²) in [6.45, 7) is 7.81. The van der Waals surface area contributed by atoms with Crippen LogP contribution < -0.4 is 15.5 Å². The van der Waals surface area contributed by atoms with Gasteiger partial charge < -0.3 is 20.3 Å². The average Bonchev–Trinajstić information content (AvgIpc) is 2.69. The Morgan fingerprint density at radius 2 is 1.72 bits per heavy atom. The Kier molecular flexibility index (Phi) is 8.80. The van der Waals surface area contributed by atoms with E-state index in [1.54, 1.807) is 0 Å². The van der Waals surface area contributed by atoms with Crippen LogP contribution in [0.25, 0.3) is 0 Å². The number of carbonyl (C=O) groups excluding carboxylic acids is 2. The number of anilines is 1. The molecule has 2 rings (SSSR count). The van der Waals surface area contributed by atoms with Gasteiger partial charge in [-0.05, 0) is 70.9 Å². The molecule has 0 bridgehead atoms. The number of benzene rings is 1. The third kappa shape index (κ3) is 8.75. The third-order valence-corrected chi connectivity index (χ3v) is 5.32. The molecule has 1 aliphatic carbocycles. The van der Waals surface area contributed by atoms with Crippen molar-refractivity contribution in [1.29, 1.82) is 0 Å². The molecular formula is C23H37N3O3. The molecule has 1 aliphatic rings. The Morgan fingerprint density at radius 1 is 1.07 bits per heavy atom. The molecule has 0 heterocycles. The third-order valence-electron chi connectivity index (χ3n) is 5.32. The van der Waals surface area contributed by atoms with Crippen molar-refractivity contribution in [2.75, 3.05) is 31.6 Å². The highest BCUT2D eigenvalue weighted by Gasteiger charge is 2.26. The number of nitrogens with zero attached hydrogens (tertiary/aromatic N) is 1. The summed E-state index contributed by atoms with van der Waals surface area (Å²) in [5, 5.41) is 5.95. The predicted molar refractivity (Wildman–Crippen MR) is 117 cm³/mol. The molecule has 2 N–H and O–H groups in total. The molecule has 29 heavy (non-hydrogen) atoms. The van der Waals surface area contributed by atoms with Gasteiger partial charge in [-0.25, -0.2) is 4.79 Å². The monoisotopic (exact) mass is 403 g/mol. The van der Waals surface area contributed by atoms with Gasteiger partial charge >= 0.3 is 6.09 Å². The van der Waals surface area contributed by atoms with Crippen LogP contribution in [0.2, 0.25) is 0 Å². The van der Waals surface area contributed by atoms with Gasteiger partial charge in [0.15, 0.2) is 0 Å². The summed E-state index contributed by atoms with van der Waals surface area (Å²) in [7, 11) is 2.07. The van der Waals surface area contributed by atoms with E-state index in [0.717, 1.165) is 38.6 Å². The van der Waals surface area contributed by atoms with E-state index in [1.807, 2.05) is 39.0 Å². The highest BCUT2D eigenvalue weighted by atomic mass is 16.6. The molecule has 0 aromatic heterocycles. The van der Waals surface area contributed by atoms with Crippen molar-refractivity contribution in [3.63, 3.8) is 0 Å². The number of amides is 2. The number of nitrogens with one attached hydrogen (secondary N) is 2. The van der Waals surface area contributed by atoms with E-state index in [9.17, 15) is 9.59 Å². The van der Waals surface area contributed by atoms with Crippen LogP contribution >= 0.6 is 0 Å². The van der Waals surface area contributed by atoms with Crippen molar-refractivity contribution in [2.24, 2.45) is 11.8 Å². The molecule has 1 saturated carbocycles. The fraction of sp³-hybridized carbons (Fsp3) is 0.652. The summed E-state index contributed by atoms with van der Waals surface area (Å²) in [6.07, 6.45) is 4.26. The maximum Gasteiger partial charge on any atom is 0.407 e. The van der Waals surface area contributed by atoms with Crippen LogP contribution in [-0.2, 0) is 9.53 Å². The van der Waals surface area contributed by atoms with Gasteiger partial charge in [0.25, 0.3) is 0 Å². The number of ether oxygens (including phenoxy) is 1. The fourth-order valence-corrected chi connectivity index (χ4v) is 3.65.